The van der Waals surface area contributed by atoms with Gasteiger partial charge in [0.05, 0.1) is 11.2 Å². The van der Waals surface area contributed by atoms with E-state index in [9.17, 15) is 0 Å². The third-order valence-corrected chi connectivity index (χ3v) is 3.22. The smallest absolute Gasteiger partial charge is 0.131 e. The first-order valence-corrected chi connectivity index (χ1v) is 6.99. The Bertz CT molecular complexity index is 574. The summed E-state index contributed by atoms with van der Waals surface area (Å²) in [4.78, 5) is 8.36. The summed E-state index contributed by atoms with van der Waals surface area (Å²) in [7, 11) is 0. The average molecular weight is 272 g/mol. The van der Waals surface area contributed by atoms with E-state index in [1.807, 2.05) is 55.2 Å². The molecule has 98 valence electrons. The summed E-state index contributed by atoms with van der Waals surface area (Å²) in [5.41, 5.74) is 4.90. The SMILES string of the molecule is CC=N/C=C(\C)c1ccccc1OCc1cscn1. The molecule has 3 nitrogen and oxygen atoms in total. The van der Waals surface area contributed by atoms with E-state index in [2.05, 4.69) is 9.98 Å². The van der Waals surface area contributed by atoms with Gasteiger partial charge in [-0.15, -0.1) is 11.3 Å². The maximum atomic E-state index is 5.83. The summed E-state index contributed by atoms with van der Waals surface area (Å²) in [6.45, 7) is 4.41. The molecule has 0 bridgehead atoms. The molecular formula is C15H16N2OS. The van der Waals surface area contributed by atoms with E-state index in [4.69, 9.17) is 4.74 Å². The van der Waals surface area contributed by atoms with Crippen LogP contribution in [0.4, 0.5) is 0 Å². The van der Waals surface area contributed by atoms with Gasteiger partial charge in [0.1, 0.15) is 12.4 Å². The number of ether oxygens (including phenoxy) is 1. The first kappa shape index (κ1) is 13.5. The van der Waals surface area contributed by atoms with Gasteiger partial charge in [-0.2, -0.15) is 0 Å². The van der Waals surface area contributed by atoms with Gasteiger partial charge in [0.15, 0.2) is 0 Å². The van der Waals surface area contributed by atoms with Crippen molar-refractivity contribution in [1.82, 2.24) is 4.98 Å². The van der Waals surface area contributed by atoms with E-state index in [0.29, 0.717) is 6.61 Å². The predicted octanol–water partition coefficient (Wildman–Crippen LogP) is 4.17. The van der Waals surface area contributed by atoms with Crippen LogP contribution in [0, 0.1) is 0 Å². The molecule has 0 saturated carbocycles. The topological polar surface area (TPSA) is 34.5 Å². The van der Waals surface area contributed by atoms with Gasteiger partial charge in [0.25, 0.3) is 0 Å². The summed E-state index contributed by atoms with van der Waals surface area (Å²) in [6, 6.07) is 7.97. The minimum Gasteiger partial charge on any atom is -0.487 e. The Kier molecular flexibility index (Phi) is 4.86. The number of benzene rings is 1. The average Bonchev–Trinajstić information content (AvgIpc) is 2.96. The lowest BCUT2D eigenvalue weighted by atomic mass is 10.1. The molecule has 1 aromatic carbocycles. The van der Waals surface area contributed by atoms with E-state index in [1.165, 1.54) is 0 Å². The van der Waals surface area contributed by atoms with Crippen molar-refractivity contribution in [2.45, 2.75) is 20.5 Å². The molecule has 0 spiro atoms. The minimum absolute atomic E-state index is 0.491. The third kappa shape index (κ3) is 3.76. The second kappa shape index (κ2) is 6.85. The maximum absolute atomic E-state index is 5.83. The highest BCUT2D eigenvalue weighted by atomic mass is 32.1. The Hall–Kier alpha value is -1.94. The standard InChI is InChI=1S/C15H16N2OS/c1-3-16-8-12(2)14-6-4-5-7-15(14)18-9-13-10-19-11-17-13/h3-8,10-11H,9H2,1-2H3/b12-8+,16-3?. The van der Waals surface area contributed by atoms with Gasteiger partial charge in [-0.25, -0.2) is 4.98 Å². The lowest BCUT2D eigenvalue weighted by Crippen LogP contribution is -1.97. The molecule has 0 atom stereocenters. The number of aromatic nitrogens is 1. The zero-order valence-corrected chi connectivity index (χ0v) is 11.9. The summed E-state index contributed by atoms with van der Waals surface area (Å²) < 4.78 is 5.83. The lowest BCUT2D eigenvalue weighted by molar-refractivity contribution is 0.301. The summed E-state index contributed by atoms with van der Waals surface area (Å²) in [5.74, 6) is 0.857. The van der Waals surface area contributed by atoms with Crippen LogP contribution in [-0.4, -0.2) is 11.2 Å². The van der Waals surface area contributed by atoms with E-state index in [-0.39, 0.29) is 0 Å². The van der Waals surface area contributed by atoms with Crippen LogP contribution in [0.15, 0.2) is 46.3 Å². The van der Waals surface area contributed by atoms with Crippen molar-refractivity contribution in [3.05, 3.63) is 52.6 Å². The molecule has 0 fully saturated rings. The highest BCUT2D eigenvalue weighted by Gasteiger charge is 2.05. The number of rotatable bonds is 5. The van der Waals surface area contributed by atoms with Crippen LogP contribution in [0.5, 0.6) is 5.75 Å². The molecule has 2 rings (SSSR count). The van der Waals surface area contributed by atoms with Gasteiger partial charge in [0, 0.05) is 23.4 Å². The summed E-state index contributed by atoms with van der Waals surface area (Å²) in [6.07, 6.45) is 3.60. The fourth-order valence-electron chi connectivity index (χ4n) is 1.63. The molecule has 0 aliphatic heterocycles. The van der Waals surface area contributed by atoms with Crippen molar-refractivity contribution in [3.8, 4) is 5.75 Å². The molecule has 0 aliphatic carbocycles. The molecular weight excluding hydrogens is 256 g/mol. The molecule has 0 aliphatic rings. The number of aliphatic imine (C=N–C) groups is 1. The Labute approximate surface area is 117 Å². The highest BCUT2D eigenvalue weighted by molar-refractivity contribution is 7.07. The monoisotopic (exact) mass is 272 g/mol. The van der Waals surface area contributed by atoms with Gasteiger partial charge in [-0.3, -0.25) is 4.99 Å². The quantitative estimate of drug-likeness (QED) is 0.765. The maximum Gasteiger partial charge on any atom is 0.131 e. The van der Waals surface area contributed by atoms with Crippen LogP contribution in [0.2, 0.25) is 0 Å². The molecule has 0 amide bonds. The molecule has 1 aromatic heterocycles. The van der Waals surface area contributed by atoms with E-state index < -0.39 is 0 Å². The van der Waals surface area contributed by atoms with Crippen molar-refractivity contribution >= 4 is 23.1 Å². The first-order chi connectivity index (χ1) is 9.31. The van der Waals surface area contributed by atoms with Crippen LogP contribution >= 0.6 is 11.3 Å². The van der Waals surface area contributed by atoms with Crippen LogP contribution in [0.3, 0.4) is 0 Å². The number of nitrogens with zero attached hydrogens (tertiary/aromatic N) is 2. The van der Waals surface area contributed by atoms with Crippen molar-refractivity contribution in [1.29, 1.82) is 0 Å². The number of hydrogen-bond donors (Lipinski definition) is 0. The molecule has 4 heteroatoms. The Morgan fingerprint density at radius 3 is 3.00 bits per heavy atom. The Balaban J connectivity index is 2.16. The first-order valence-electron chi connectivity index (χ1n) is 6.05. The molecule has 0 saturated heterocycles. The Morgan fingerprint density at radius 2 is 2.26 bits per heavy atom. The van der Waals surface area contributed by atoms with Gasteiger partial charge in [0.2, 0.25) is 0 Å². The second-order valence-electron chi connectivity index (χ2n) is 3.98. The third-order valence-electron chi connectivity index (χ3n) is 2.59. The lowest BCUT2D eigenvalue weighted by Gasteiger charge is -2.10. The van der Waals surface area contributed by atoms with Crippen LogP contribution < -0.4 is 4.74 Å². The summed E-state index contributed by atoms with van der Waals surface area (Å²) in [5, 5.41) is 1.99. The molecule has 1 heterocycles. The van der Waals surface area contributed by atoms with E-state index in [1.54, 1.807) is 17.6 Å². The van der Waals surface area contributed by atoms with Crippen molar-refractivity contribution in [2.75, 3.05) is 0 Å². The minimum atomic E-state index is 0.491. The van der Waals surface area contributed by atoms with Crippen LogP contribution in [0.1, 0.15) is 25.1 Å². The van der Waals surface area contributed by atoms with Gasteiger partial charge < -0.3 is 4.74 Å². The summed E-state index contributed by atoms with van der Waals surface area (Å²) >= 11 is 1.57. The number of hydrogen-bond acceptors (Lipinski definition) is 4. The Morgan fingerprint density at radius 1 is 1.42 bits per heavy atom. The second-order valence-corrected chi connectivity index (χ2v) is 4.70. The largest absolute Gasteiger partial charge is 0.487 e. The van der Waals surface area contributed by atoms with Gasteiger partial charge >= 0.3 is 0 Å². The van der Waals surface area contributed by atoms with Crippen molar-refractivity contribution in [2.24, 2.45) is 4.99 Å². The molecule has 0 radical (unpaired) electrons. The van der Waals surface area contributed by atoms with E-state index >= 15 is 0 Å². The molecule has 0 N–H and O–H groups in total. The van der Waals surface area contributed by atoms with E-state index in [0.717, 1.165) is 22.6 Å². The van der Waals surface area contributed by atoms with Crippen molar-refractivity contribution < 1.29 is 4.74 Å². The number of allylic oxidation sites excluding steroid dienone is 1. The fourth-order valence-corrected chi connectivity index (χ4v) is 2.18. The van der Waals surface area contributed by atoms with Crippen molar-refractivity contribution in [3.63, 3.8) is 0 Å². The molecule has 19 heavy (non-hydrogen) atoms. The fraction of sp³-hybridized carbons (Fsp3) is 0.200. The number of para-hydroxylation sites is 1. The molecule has 0 unspecified atom stereocenters. The van der Waals surface area contributed by atoms with Crippen LogP contribution in [0.25, 0.3) is 5.57 Å². The van der Waals surface area contributed by atoms with Crippen LogP contribution in [-0.2, 0) is 6.61 Å². The zero-order valence-electron chi connectivity index (χ0n) is 11.0. The normalized spacial score (nSPS) is 12.0. The predicted molar refractivity (Wildman–Crippen MR) is 80.7 cm³/mol. The number of thiazole rings is 1. The van der Waals surface area contributed by atoms with Gasteiger partial charge in [-0.05, 0) is 25.5 Å². The molecule has 2 aromatic rings. The van der Waals surface area contributed by atoms with Gasteiger partial charge in [-0.1, -0.05) is 18.2 Å². The zero-order chi connectivity index (χ0) is 13.5. The highest BCUT2D eigenvalue weighted by Crippen LogP contribution is 2.26.